The van der Waals surface area contributed by atoms with Crippen molar-refractivity contribution in [1.29, 1.82) is 0 Å². The Morgan fingerprint density at radius 3 is 2.40 bits per heavy atom. The summed E-state index contributed by atoms with van der Waals surface area (Å²) in [5.74, 6) is 0. The molecular weight excluding hydrogens is 186 g/mol. The molecule has 82 valence electrons. The molecular formula is C13H19NO. The third kappa shape index (κ3) is 2.20. The van der Waals surface area contributed by atoms with Crippen molar-refractivity contribution in [2.24, 2.45) is 5.41 Å². The van der Waals surface area contributed by atoms with E-state index in [9.17, 15) is 5.11 Å². The average molecular weight is 205 g/mol. The van der Waals surface area contributed by atoms with Crippen molar-refractivity contribution in [2.75, 3.05) is 0 Å². The molecule has 0 unspecified atom stereocenters. The van der Waals surface area contributed by atoms with E-state index in [1.807, 2.05) is 12.1 Å². The van der Waals surface area contributed by atoms with Gasteiger partial charge < -0.3 is 5.11 Å². The van der Waals surface area contributed by atoms with Crippen LogP contribution < -0.4 is 0 Å². The first-order valence-corrected chi connectivity index (χ1v) is 5.65. The Balaban J connectivity index is 2.17. The summed E-state index contributed by atoms with van der Waals surface area (Å²) in [4.78, 5) is 4.08. The van der Waals surface area contributed by atoms with Crippen LogP contribution in [0.15, 0.2) is 24.5 Å². The standard InChI is InChI=1S/C13H19NO/c1-12(2)5-7-13(15,8-6-12)11-4-3-9-14-10-11/h3-4,9-10,15H,5-8H2,1-2H3. The molecule has 0 spiro atoms. The first-order valence-electron chi connectivity index (χ1n) is 5.65. The van der Waals surface area contributed by atoms with E-state index >= 15 is 0 Å². The van der Waals surface area contributed by atoms with Crippen molar-refractivity contribution in [3.63, 3.8) is 0 Å². The quantitative estimate of drug-likeness (QED) is 0.764. The molecule has 1 heterocycles. The van der Waals surface area contributed by atoms with Crippen molar-refractivity contribution >= 4 is 0 Å². The lowest BCUT2D eigenvalue weighted by atomic mass is 9.69. The minimum atomic E-state index is -0.635. The Bertz CT molecular complexity index is 322. The summed E-state index contributed by atoms with van der Waals surface area (Å²) in [5, 5.41) is 10.5. The van der Waals surface area contributed by atoms with Gasteiger partial charge in [0.25, 0.3) is 0 Å². The molecule has 15 heavy (non-hydrogen) atoms. The van der Waals surface area contributed by atoms with Crippen LogP contribution in [0.4, 0.5) is 0 Å². The van der Waals surface area contributed by atoms with E-state index in [-0.39, 0.29) is 0 Å². The molecule has 2 heteroatoms. The van der Waals surface area contributed by atoms with Gasteiger partial charge in [-0.05, 0) is 37.2 Å². The van der Waals surface area contributed by atoms with Crippen LogP contribution in [-0.4, -0.2) is 10.1 Å². The predicted molar refractivity (Wildman–Crippen MR) is 60.4 cm³/mol. The molecule has 0 bridgehead atoms. The summed E-state index contributed by atoms with van der Waals surface area (Å²) in [6, 6.07) is 3.87. The number of aliphatic hydroxyl groups is 1. The van der Waals surface area contributed by atoms with Crippen molar-refractivity contribution < 1.29 is 5.11 Å². The van der Waals surface area contributed by atoms with Gasteiger partial charge in [0.2, 0.25) is 0 Å². The highest BCUT2D eigenvalue weighted by Gasteiger charge is 2.37. The molecule has 0 aromatic carbocycles. The molecule has 1 fully saturated rings. The third-order valence-electron chi connectivity index (χ3n) is 3.63. The van der Waals surface area contributed by atoms with E-state index in [1.54, 1.807) is 12.4 Å². The molecule has 0 amide bonds. The predicted octanol–water partition coefficient (Wildman–Crippen LogP) is 2.87. The molecule has 2 nitrogen and oxygen atoms in total. The molecule has 0 saturated heterocycles. The van der Waals surface area contributed by atoms with Crippen molar-refractivity contribution in [2.45, 2.75) is 45.1 Å². The van der Waals surface area contributed by atoms with E-state index in [2.05, 4.69) is 18.8 Å². The van der Waals surface area contributed by atoms with Gasteiger partial charge in [0.1, 0.15) is 0 Å². The molecule has 0 radical (unpaired) electrons. The Morgan fingerprint density at radius 1 is 1.20 bits per heavy atom. The zero-order valence-corrected chi connectivity index (χ0v) is 9.53. The molecule has 0 atom stereocenters. The van der Waals surface area contributed by atoms with Crippen molar-refractivity contribution in [3.05, 3.63) is 30.1 Å². The first-order chi connectivity index (χ1) is 7.02. The Morgan fingerprint density at radius 2 is 1.87 bits per heavy atom. The highest BCUT2D eigenvalue weighted by molar-refractivity contribution is 5.19. The fraction of sp³-hybridized carbons (Fsp3) is 0.615. The maximum atomic E-state index is 10.5. The zero-order chi connectivity index (χ0) is 10.9. The topological polar surface area (TPSA) is 33.1 Å². The molecule has 1 aromatic rings. The van der Waals surface area contributed by atoms with Crippen LogP contribution in [0, 0.1) is 5.41 Å². The van der Waals surface area contributed by atoms with Crippen LogP contribution in [0.2, 0.25) is 0 Å². The van der Waals surface area contributed by atoms with Crippen molar-refractivity contribution in [3.8, 4) is 0 Å². The number of hydrogen-bond donors (Lipinski definition) is 1. The Labute approximate surface area is 91.4 Å². The fourth-order valence-corrected chi connectivity index (χ4v) is 2.27. The Hall–Kier alpha value is -0.890. The van der Waals surface area contributed by atoms with E-state index in [0.29, 0.717) is 5.41 Å². The van der Waals surface area contributed by atoms with Crippen LogP contribution in [-0.2, 0) is 5.60 Å². The lowest BCUT2D eigenvalue weighted by Crippen LogP contribution is -2.34. The molecule has 1 aliphatic rings. The van der Waals surface area contributed by atoms with Gasteiger partial charge in [0.15, 0.2) is 0 Å². The number of aromatic nitrogens is 1. The molecule has 1 saturated carbocycles. The van der Waals surface area contributed by atoms with Gasteiger partial charge in [-0.2, -0.15) is 0 Å². The summed E-state index contributed by atoms with van der Waals surface area (Å²) in [5.41, 5.74) is 0.721. The largest absolute Gasteiger partial charge is 0.385 e. The van der Waals surface area contributed by atoms with Gasteiger partial charge in [-0.25, -0.2) is 0 Å². The molecule has 1 N–H and O–H groups in total. The van der Waals surface area contributed by atoms with Crippen LogP contribution in [0.25, 0.3) is 0 Å². The van der Waals surface area contributed by atoms with E-state index in [1.165, 1.54) is 0 Å². The molecule has 0 aliphatic heterocycles. The Kier molecular flexibility index (Phi) is 2.55. The van der Waals surface area contributed by atoms with Gasteiger partial charge in [0, 0.05) is 18.0 Å². The number of rotatable bonds is 1. The van der Waals surface area contributed by atoms with Crippen LogP contribution in [0.3, 0.4) is 0 Å². The van der Waals surface area contributed by atoms with E-state index in [4.69, 9.17) is 0 Å². The second-order valence-electron chi connectivity index (χ2n) is 5.44. The second-order valence-corrected chi connectivity index (χ2v) is 5.44. The smallest absolute Gasteiger partial charge is 0.0911 e. The van der Waals surface area contributed by atoms with Crippen LogP contribution in [0.1, 0.15) is 45.1 Å². The van der Waals surface area contributed by atoms with E-state index in [0.717, 1.165) is 31.2 Å². The normalized spacial score (nSPS) is 23.7. The summed E-state index contributed by atoms with van der Waals surface area (Å²) in [6.45, 7) is 4.55. The van der Waals surface area contributed by atoms with Crippen molar-refractivity contribution in [1.82, 2.24) is 4.98 Å². The monoisotopic (exact) mass is 205 g/mol. The van der Waals surface area contributed by atoms with Gasteiger partial charge in [-0.3, -0.25) is 4.98 Å². The summed E-state index contributed by atoms with van der Waals surface area (Å²) in [6.07, 6.45) is 7.41. The average Bonchev–Trinajstić information content (AvgIpc) is 2.24. The lowest BCUT2D eigenvalue weighted by molar-refractivity contribution is -0.0308. The van der Waals surface area contributed by atoms with E-state index < -0.39 is 5.60 Å². The van der Waals surface area contributed by atoms with Gasteiger partial charge in [-0.15, -0.1) is 0 Å². The molecule has 1 aliphatic carbocycles. The summed E-state index contributed by atoms with van der Waals surface area (Å²) in [7, 11) is 0. The highest BCUT2D eigenvalue weighted by Crippen LogP contribution is 2.44. The summed E-state index contributed by atoms with van der Waals surface area (Å²) >= 11 is 0. The minimum Gasteiger partial charge on any atom is -0.385 e. The molecule has 1 aromatic heterocycles. The van der Waals surface area contributed by atoms with Crippen LogP contribution >= 0.6 is 0 Å². The van der Waals surface area contributed by atoms with Gasteiger partial charge in [0.05, 0.1) is 5.60 Å². The highest BCUT2D eigenvalue weighted by atomic mass is 16.3. The maximum Gasteiger partial charge on any atom is 0.0911 e. The third-order valence-corrected chi connectivity index (χ3v) is 3.63. The maximum absolute atomic E-state index is 10.5. The number of pyridine rings is 1. The second kappa shape index (κ2) is 3.60. The zero-order valence-electron chi connectivity index (χ0n) is 9.53. The lowest BCUT2D eigenvalue weighted by Gasteiger charge is -2.40. The minimum absolute atomic E-state index is 0.383. The number of nitrogens with zero attached hydrogens (tertiary/aromatic N) is 1. The fourth-order valence-electron chi connectivity index (χ4n) is 2.27. The number of hydrogen-bond acceptors (Lipinski definition) is 2. The first kappa shape index (κ1) is 10.6. The SMILES string of the molecule is CC1(C)CCC(O)(c2cccnc2)CC1. The van der Waals surface area contributed by atoms with Gasteiger partial charge in [-0.1, -0.05) is 19.9 Å². The van der Waals surface area contributed by atoms with Crippen LogP contribution in [0.5, 0.6) is 0 Å². The van der Waals surface area contributed by atoms with Gasteiger partial charge >= 0.3 is 0 Å². The molecule has 2 rings (SSSR count). The summed E-state index contributed by atoms with van der Waals surface area (Å²) < 4.78 is 0.